The first-order chi connectivity index (χ1) is 17.6. The number of hydrogen-bond donors (Lipinski definition) is 1. The van der Waals surface area contributed by atoms with E-state index in [-0.39, 0.29) is 16.1 Å². The number of ether oxygens (including phenoxy) is 3. The lowest BCUT2D eigenvalue weighted by molar-refractivity contribution is -0.112. The molecule has 0 aliphatic carbocycles. The Balaban J connectivity index is 1.62. The monoisotopic (exact) mass is 579 g/mol. The summed E-state index contributed by atoms with van der Waals surface area (Å²) in [6, 6.07) is 5.72. The highest BCUT2D eigenvalue weighted by Crippen LogP contribution is 2.36. The molecule has 0 radical (unpaired) electrons. The molecule has 0 atom stereocenters. The number of Topliss-reactive ketones (excluding diaryl/α,β-unsaturated/α-hetero) is 1. The number of carbonyl (C=O) groups is 2. The van der Waals surface area contributed by atoms with Gasteiger partial charge in [0.15, 0.2) is 11.5 Å². The molecule has 37 heavy (non-hydrogen) atoms. The summed E-state index contributed by atoms with van der Waals surface area (Å²) in [5.41, 5.74) is -1.40. The zero-order chi connectivity index (χ0) is 26.9. The second-order valence-electron chi connectivity index (χ2n) is 7.30. The van der Waals surface area contributed by atoms with Gasteiger partial charge in [0.05, 0.1) is 40.8 Å². The highest BCUT2D eigenvalue weighted by atomic mass is 79.9. The average molecular weight is 580 g/mol. The van der Waals surface area contributed by atoms with Crippen molar-refractivity contribution in [2.24, 2.45) is 0 Å². The van der Waals surface area contributed by atoms with Crippen LogP contribution in [-0.4, -0.2) is 35.9 Å². The Hall–Kier alpha value is -4.26. The van der Waals surface area contributed by atoms with E-state index in [2.05, 4.69) is 25.9 Å². The van der Waals surface area contributed by atoms with Crippen LogP contribution in [0.4, 0.5) is 23.2 Å². The highest BCUT2D eigenvalue weighted by molar-refractivity contribution is 9.10. The Bertz CT molecular complexity index is 1540. The molecule has 8 nitrogen and oxygen atoms in total. The Morgan fingerprint density at radius 2 is 1.49 bits per heavy atom. The van der Waals surface area contributed by atoms with Gasteiger partial charge in [-0.1, -0.05) is 0 Å². The number of aromatic nitrogens is 2. The number of amides is 1. The van der Waals surface area contributed by atoms with E-state index in [9.17, 15) is 27.2 Å². The highest BCUT2D eigenvalue weighted by Gasteiger charge is 2.27. The second kappa shape index (κ2) is 10.4. The number of carbonyl (C=O) groups excluding carboxylic acids is 2. The average Bonchev–Trinajstić information content (AvgIpc) is 2.86. The van der Waals surface area contributed by atoms with Gasteiger partial charge in [-0.05, 0) is 28.1 Å². The predicted octanol–water partition coefficient (Wildman–Crippen LogP) is 5.58. The third-order valence-corrected chi connectivity index (χ3v) is 5.63. The molecule has 0 saturated heterocycles. The maximum absolute atomic E-state index is 14.8. The number of nitrogens with zero attached hydrogens (tertiary/aromatic N) is 2. The fraction of sp³-hybridized carbons (Fsp3) is 0.0833. The smallest absolute Gasteiger partial charge is 0.297 e. The second-order valence-corrected chi connectivity index (χ2v) is 8.15. The number of ketones is 1. The van der Waals surface area contributed by atoms with Gasteiger partial charge in [0.1, 0.15) is 35.3 Å². The summed E-state index contributed by atoms with van der Waals surface area (Å²) in [7, 11) is 2.85. The van der Waals surface area contributed by atoms with E-state index in [1.165, 1.54) is 20.3 Å². The van der Waals surface area contributed by atoms with Crippen molar-refractivity contribution in [1.82, 2.24) is 9.97 Å². The Kier molecular flexibility index (Phi) is 7.25. The van der Waals surface area contributed by atoms with Crippen molar-refractivity contribution in [1.29, 1.82) is 0 Å². The molecule has 3 aromatic carbocycles. The van der Waals surface area contributed by atoms with Gasteiger partial charge < -0.3 is 19.5 Å². The molecule has 0 aliphatic heterocycles. The summed E-state index contributed by atoms with van der Waals surface area (Å²) in [4.78, 5) is 32.8. The number of benzene rings is 3. The molecule has 1 heterocycles. The van der Waals surface area contributed by atoms with Crippen molar-refractivity contribution in [3.8, 4) is 23.1 Å². The summed E-state index contributed by atoms with van der Waals surface area (Å²) in [5.74, 6) is -7.94. The van der Waals surface area contributed by atoms with Gasteiger partial charge in [-0.2, -0.15) is 0 Å². The van der Waals surface area contributed by atoms with E-state index in [1.807, 2.05) is 5.32 Å². The third-order valence-electron chi connectivity index (χ3n) is 5.03. The molecule has 0 saturated carbocycles. The lowest BCUT2D eigenvalue weighted by Crippen LogP contribution is -2.25. The van der Waals surface area contributed by atoms with Gasteiger partial charge in [0.2, 0.25) is 5.88 Å². The summed E-state index contributed by atoms with van der Waals surface area (Å²) < 4.78 is 72.6. The first kappa shape index (κ1) is 25.8. The van der Waals surface area contributed by atoms with Crippen molar-refractivity contribution in [2.75, 3.05) is 19.5 Å². The molecule has 4 aromatic rings. The van der Waals surface area contributed by atoms with Crippen LogP contribution in [0.25, 0.3) is 10.9 Å². The summed E-state index contributed by atoms with van der Waals surface area (Å²) in [6.07, 6.45) is 1.16. The number of hydrogen-bond acceptors (Lipinski definition) is 7. The molecule has 1 N–H and O–H groups in total. The lowest BCUT2D eigenvalue weighted by atomic mass is 10.1. The van der Waals surface area contributed by atoms with E-state index in [0.29, 0.717) is 40.6 Å². The van der Waals surface area contributed by atoms with Gasteiger partial charge in [0.25, 0.3) is 11.7 Å². The van der Waals surface area contributed by atoms with Gasteiger partial charge in [-0.3, -0.25) is 9.59 Å². The molecular weight excluding hydrogens is 566 g/mol. The zero-order valence-electron chi connectivity index (χ0n) is 18.9. The largest absolute Gasteiger partial charge is 0.493 e. The first-order valence-corrected chi connectivity index (χ1v) is 11.0. The maximum atomic E-state index is 14.8. The van der Waals surface area contributed by atoms with Crippen LogP contribution in [0.15, 0.2) is 47.2 Å². The predicted molar refractivity (Wildman–Crippen MR) is 126 cm³/mol. The van der Waals surface area contributed by atoms with Crippen LogP contribution >= 0.6 is 15.9 Å². The van der Waals surface area contributed by atoms with Crippen LogP contribution in [0.1, 0.15) is 10.4 Å². The van der Waals surface area contributed by atoms with Crippen LogP contribution < -0.4 is 19.5 Å². The van der Waals surface area contributed by atoms with Gasteiger partial charge in [-0.25, -0.2) is 27.5 Å². The Morgan fingerprint density at radius 3 is 2.14 bits per heavy atom. The number of methoxy groups -OCH3 is 2. The van der Waals surface area contributed by atoms with Gasteiger partial charge in [0, 0.05) is 24.3 Å². The minimum atomic E-state index is -1.63. The molecule has 0 spiro atoms. The molecule has 190 valence electrons. The maximum Gasteiger partial charge on any atom is 0.297 e. The van der Waals surface area contributed by atoms with Crippen LogP contribution in [0, 0.1) is 23.3 Å². The molecule has 0 aliphatic rings. The zero-order valence-corrected chi connectivity index (χ0v) is 20.5. The number of anilines is 1. The van der Waals surface area contributed by atoms with Crippen molar-refractivity contribution in [3.05, 3.63) is 76.0 Å². The van der Waals surface area contributed by atoms with E-state index in [1.54, 1.807) is 6.07 Å². The molecule has 0 fully saturated rings. The van der Waals surface area contributed by atoms with E-state index in [0.717, 1.165) is 12.4 Å². The van der Waals surface area contributed by atoms with Crippen molar-refractivity contribution in [3.63, 3.8) is 0 Å². The normalized spacial score (nSPS) is 10.8. The fourth-order valence-electron chi connectivity index (χ4n) is 3.29. The molecule has 1 amide bonds. The van der Waals surface area contributed by atoms with Crippen LogP contribution in [0.3, 0.4) is 0 Å². The molecule has 1 aromatic heterocycles. The molecule has 0 bridgehead atoms. The van der Waals surface area contributed by atoms with Gasteiger partial charge in [-0.15, -0.1) is 0 Å². The van der Waals surface area contributed by atoms with Crippen LogP contribution in [0.5, 0.6) is 23.1 Å². The van der Waals surface area contributed by atoms with Crippen molar-refractivity contribution >= 4 is 44.2 Å². The van der Waals surface area contributed by atoms with Crippen LogP contribution in [0.2, 0.25) is 0 Å². The number of rotatable bonds is 7. The first-order valence-electron chi connectivity index (χ1n) is 10.2. The van der Waals surface area contributed by atoms with Crippen LogP contribution in [-0.2, 0) is 4.79 Å². The van der Waals surface area contributed by atoms with Crippen molar-refractivity contribution in [2.45, 2.75) is 0 Å². The topological polar surface area (TPSA) is 99.6 Å². The lowest BCUT2D eigenvalue weighted by Gasteiger charge is -2.12. The quantitative estimate of drug-likeness (QED) is 0.132. The summed E-state index contributed by atoms with van der Waals surface area (Å²) in [6.45, 7) is 0. The number of halogens is 5. The SMILES string of the molecule is COc1cc2ncnc(Oc3cc(F)c(C(=O)C(=O)Nc4cc(Br)c(F)cc4F)c(F)c3)c2cc1OC. The summed E-state index contributed by atoms with van der Waals surface area (Å²) >= 11 is 2.81. The van der Waals surface area contributed by atoms with E-state index in [4.69, 9.17) is 14.2 Å². The Labute approximate surface area is 214 Å². The third kappa shape index (κ3) is 5.16. The summed E-state index contributed by atoms with van der Waals surface area (Å²) in [5, 5.41) is 2.19. The van der Waals surface area contributed by atoms with Gasteiger partial charge >= 0.3 is 0 Å². The minimum Gasteiger partial charge on any atom is -0.493 e. The Morgan fingerprint density at radius 1 is 0.838 bits per heavy atom. The minimum absolute atomic E-state index is 0.0843. The molecule has 13 heteroatoms. The standard InChI is InChI=1S/C24H14BrF4N3O5/c1-35-19-5-11-17(8-20(19)36-2)30-9-31-24(11)37-10-3-15(28)21(16(29)4-10)22(33)23(34)32-18-6-12(25)13(26)7-14(18)27/h3-9H,1-2H3,(H,32,34). The molecular formula is C24H14BrF4N3O5. The number of nitrogens with one attached hydrogen (secondary N) is 1. The molecule has 4 rings (SSSR count). The number of fused-ring (bicyclic) bond motifs is 1. The van der Waals surface area contributed by atoms with E-state index < -0.39 is 46.2 Å². The fourth-order valence-corrected chi connectivity index (χ4v) is 3.63. The van der Waals surface area contributed by atoms with E-state index >= 15 is 0 Å². The molecule has 0 unspecified atom stereocenters. The van der Waals surface area contributed by atoms with Crippen molar-refractivity contribution < 1.29 is 41.4 Å².